The van der Waals surface area contributed by atoms with Crippen LogP contribution in [0.1, 0.15) is 20.7 Å². The lowest BCUT2D eigenvalue weighted by molar-refractivity contribution is 0.0926. The maximum atomic E-state index is 12.7. The lowest BCUT2D eigenvalue weighted by Crippen LogP contribution is -2.29. The van der Waals surface area contributed by atoms with Crippen LogP contribution in [0.25, 0.3) is 21.2 Å². The third kappa shape index (κ3) is 2.02. The molecule has 0 fully saturated rings. The van der Waals surface area contributed by atoms with Gasteiger partial charge in [-0.15, -0.1) is 0 Å². The van der Waals surface area contributed by atoms with Gasteiger partial charge in [-0.2, -0.15) is 0 Å². The Labute approximate surface area is 136 Å². The molecule has 114 valence electrons. The van der Waals surface area contributed by atoms with Crippen molar-refractivity contribution in [2.75, 3.05) is 4.90 Å². The summed E-state index contributed by atoms with van der Waals surface area (Å²) >= 11 is 0. The van der Waals surface area contributed by atoms with Crippen molar-refractivity contribution in [3.8, 4) is 0 Å². The van der Waals surface area contributed by atoms with Crippen LogP contribution in [0.4, 0.5) is 11.4 Å². The highest BCUT2D eigenvalue weighted by molar-refractivity contribution is 6.34. The number of anilines is 1. The van der Waals surface area contributed by atoms with Gasteiger partial charge >= 0.3 is 0 Å². The van der Waals surface area contributed by atoms with Crippen LogP contribution in [0.3, 0.4) is 0 Å². The van der Waals surface area contributed by atoms with Crippen molar-refractivity contribution in [2.45, 2.75) is 0 Å². The maximum absolute atomic E-state index is 12.7. The van der Waals surface area contributed by atoms with E-state index >= 15 is 0 Å². The van der Waals surface area contributed by atoms with Crippen LogP contribution in [-0.4, -0.2) is 11.8 Å². The molecule has 2 amide bonds. The lowest BCUT2D eigenvalue weighted by atomic mass is 10.1. The van der Waals surface area contributed by atoms with Crippen LogP contribution in [0.2, 0.25) is 0 Å². The van der Waals surface area contributed by atoms with Gasteiger partial charge < -0.3 is 0 Å². The molecule has 0 spiro atoms. The lowest BCUT2D eigenvalue weighted by Gasteiger charge is -2.14. The number of carbonyl (C=O) groups excluding carboxylic acids is 2. The summed E-state index contributed by atoms with van der Waals surface area (Å²) in [7, 11) is 0. The third-order valence-corrected chi connectivity index (χ3v) is 4.02. The van der Waals surface area contributed by atoms with Crippen LogP contribution in [0.15, 0.2) is 65.8 Å². The molecule has 1 aliphatic rings. The van der Waals surface area contributed by atoms with E-state index in [9.17, 15) is 9.59 Å². The highest BCUT2D eigenvalue weighted by atomic mass is 16.2. The number of rotatable bonds is 2. The van der Waals surface area contributed by atoms with E-state index in [2.05, 4.69) is 10.0 Å². The number of imide groups is 1. The minimum atomic E-state index is -0.416. The van der Waals surface area contributed by atoms with Crippen molar-refractivity contribution in [3.05, 3.63) is 82.2 Å². The zero-order valence-corrected chi connectivity index (χ0v) is 12.4. The fraction of sp³-hybridized carbons (Fsp3) is 0. The maximum Gasteiger partial charge on any atom is 0.266 e. The van der Waals surface area contributed by atoms with Gasteiger partial charge in [-0.25, -0.2) is 4.90 Å². The Balaban J connectivity index is 1.82. The van der Waals surface area contributed by atoms with Gasteiger partial charge in [0, 0.05) is 10.6 Å². The Morgan fingerprint density at radius 1 is 0.833 bits per heavy atom. The molecule has 1 aliphatic heterocycles. The molecule has 24 heavy (non-hydrogen) atoms. The molecule has 0 saturated carbocycles. The largest absolute Gasteiger partial charge is 0.268 e. The standard InChI is InChI=1S/C18H10N4O2/c19-21-20-13-6-8-15-16(10-13)18(24)22(17(15)23)14-7-5-11-3-1-2-4-12(11)9-14/h1-10H. The molecular weight excluding hydrogens is 304 g/mol. The molecule has 6 heteroatoms. The van der Waals surface area contributed by atoms with Crippen LogP contribution in [0.5, 0.6) is 0 Å². The molecule has 0 bridgehead atoms. The number of nitrogens with zero attached hydrogens (tertiary/aromatic N) is 4. The van der Waals surface area contributed by atoms with Crippen LogP contribution in [-0.2, 0) is 0 Å². The average Bonchev–Trinajstić information content (AvgIpc) is 2.85. The van der Waals surface area contributed by atoms with Gasteiger partial charge in [0.1, 0.15) is 0 Å². The van der Waals surface area contributed by atoms with Crippen molar-refractivity contribution in [2.24, 2.45) is 5.11 Å². The van der Waals surface area contributed by atoms with Gasteiger partial charge in [0.05, 0.1) is 16.8 Å². The molecule has 0 saturated heterocycles. The molecule has 0 unspecified atom stereocenters. The summed E-state index contributed by atoms with van der Waals surface area (Å²) in [6.07, 6.45) is 0. The Kier molecular flexibility index (Phi) is 3.05. The van der Waals surface area contributed by atoms with E-state index in [4.69, 9.17) is 5.53 Å². The smallest absolute Gasteiger partial charge is 0.266 e. The molecule has 6 nitrogen and oxygen atoms in total. The minimum Gasteiger partial charge on any atom is -0.268 e. The van der Waals surface area contributed by atoms with Gasteiger partial charge in [-0.1, -0.05) is 41.5 Å². The van der Waals surface area contributed by atoms with Crippen molar-refractivity contribution in [3.63, 3.8) is 0 Å². The Morgan fingerprint density at radius 2 is 1.58 bits per heavy atom. The van der Waals surface area contributed by atoms with Gasteiger partial charge in [-0.05, 0) is 40.6 Å². The second-order valence-corrected chi connectivity index (χ2v) is 5.40. The Bertz CT molecular complexity index is 1070. The molecule has 1 heterocycles. The van der Waals surface area contributed by atoms with Crippen LogP contribution >= 0.6 is 0 Å². The molecule has 0 aromatic heterocycles. The van der Waals surface area contributed by atoms with E-state index in [-0.39, 0.29) is 11.5 Å². The SMILES string of the molecule is [N-]=[N+]=Nc1ccc2c(c1)C(=O)N(c1ccc3ccccc3c1)C2=O. The van der Waals surface area contributed by atoms with Crippen molar-refractivity contribution < 1.29 is 9.59 Å². The fourth-order valence-electron chi connectivity index (χ4n) is 2.89. The first-order valence-electron chi connectivity index (χ1n) is 7.26. The van der Waals surface area contributed by atoms with E-state index in [1.54, 1.807) is 6.07 Å². The van der Waals surface area contributed by atoms with E-state index in [0.717, 1.165) is 15.7 Å². The highest BCUT2D eigenvalue weighted by Crippen LogP contribution is 2.32. The number of azide groups is 1. The Hall–Kier alpha value is -3.63. The number of hydrogen-bond donors (Lipinski definition) is 0. The van der Waals surface area contributed by atoms with E-state index in [0.29, 0.717) is 16.9 Å². The molecule has 0 aliphatic carbocycles. The first-order valence-corrected chi connectivity index (χ1v) is 7.26. The summed E-state index contributed by atoms with van der Waals surface area (Å²) in [4.78, 5) is 29.1. The molecule has 0 atom stereocenters. The van der Waals surface area contributed by atoms with Gasteiger partial charge in [-0.3, -0.25) is 9.59 Å². The summed E-state index contributed by atoms with van der Waals surface area (Å²) in [5.74, 6) is -0.793. The second-order valence-electron chi connectivity index (χ2n) is 5.40. The van der Waals surface area contributed by atoms with E-state index in [1.165, 1.54) is 18.2 Å². The number of carbonyl (C=O) groups is 2. The monoisotopic (exact) mass is 314 g/mol. The summed E-state index contributed by atoms with van der Waals surface area (Å²) < 4.78 is 0. The zero-order valence-electron chi connectivity index (χ0n) is 12.4. The van der Waals surface area contributed by atoms with E-state index < -0.39 is 5.91 Å². The molecular formula is C18H10N4O2. The van der Waals surface area contributed by atoms with Crippen molar-refractivity contribution in [1.29, 1.82) is 0 Å². The first kappa shape index (κ1) is 14.0. The van der Waals surface area contributed by atoms with Gasteiger partial charge in [0.2, 0.25) is 0 Å². The number of hydrogen-bond acceptors (Lipinski definition) is 3. The molecule has 4 rings (SSSR count). The first-order chi connectivity index (χ1) is 11.7. The van der Waals surface area contributed by atoms with Crippen LogP contribution in [0, 0.1) is 0 Å². The second kappa shape index (κ2) is 5.22. The minimum absolute atomic E-state index is 0.248. The number of benzene rings is 3. The molecule has 0 radical (unpaired) electrons. The topological polar surface area (TPSA) is 86.1 Å². The molecule has 3 aromatic carbocycles. The molecule has 0 N–H and O–H groups in total. The molecule has 3 aromatic rings. The fourth-order valence-corrected chi connectivity index (χ4v) is 2.89. The normalized spacial score (nSPS) is 13.1. The van der Waals surface area contributed by atoms with Crippen LogP contribution < -0.4 is 4.90 Å². The summed E-state index contributed by atoms with van der Waals surface area (Å²) in [6.45, 7) is 0. The average molecular weight is 314 g/mol. The van der Waals surface area contributed by atoms with Crippen molar-refractivity contribution in [1.82, 2.24) is 0 Å². The van der Waals surface area contributed by atoms with Gasteiger partial charge in [0.25, 0.3) is 11.8 Å². The summed E-state index contributed by atoms with van der Waals surface area (Å²) in [5.41, 5.74) is 9.89. The predicted molar refractivity (Wildman–Crippen MR) is 90.3 cm³/mol. The number of amides is 2. The van der Waals surface area contributed by atoms with Gasteiger partial charge in [0.15, 0.2) is 0 Å². The summed E-state index contributed by atoms with van der Waals surface area (Å²) in [5, 5.41) is 5.46. The quantitative estimate of drug-likeness (QED) is 0.300. The predicted octanol–water partition coefficient (Wildman–Crippen LogP) is 4.58. The third-order valence-electron chi connectivity index (χ3n) is 4.02. The highest BCUT2D eigenvalue weighted by Gasteiger charge is 2.36. The zero-order chi connectivity index (χ0) is 16.7. The van der Waals surface area contributed by atoms with E-state index in [1.807, 2.05) is 36.4 Å². The Morgan fingerprint density at radius 3 is 2.38 bits per heavy atom. The number of fused-ring (bicyclic) bond motifs is 2. The van der Waals surface area contributed by atoms with Crippen molar-refractivity contribution >= 4 is 34.0 Å². The summed E-state index contributed by atoms with van der Waals surface area (Å²) in [6, 6.07) is 17.6.